The summed E-state index contributed by atoms with van der Waals surface area (Å²) in [4.78, 5) is 15.0. The van der Waals surface area contributed by atoms with Crippen LogP contribution in [0.15, 0.2) is 30.6 Å². The summed E-state index contributed by atoms with van der Waals surface area (Å²) in [5.74, 6) is -0.169. The molecule has 0 aliphatic rings. The summed E-state index contributed by atoms with van der Waals surface area (Å²) in [7, 11) is 3.43. The number of imidazole rings is 1. The Hall–Kier alpha value is -2.30. The van der Waals surface area contributed by atoms with Gasteiger partial charge in [-0.1, -0.05) is 18.2 Å². The SMILES string of the molecule is COc1ccccc1CCc1c(C(=O)O)ncn1C. The Morgan fingerprint density at radius 3 is 2.79 bits per heavy atom. The van der Waals surface area contributed by atoms with Crippen LogP contribution in [-0.4, -0.2) is 27.7 Å². The van der Waals surface area contributed by atoms with Crippen LogP contribution >= 0.6 is 0 Å². The van der Waals surface area contributed by atoms with Gasteiger partial charge in [0.15, 0.2) is 5.69 Å². The molecule has 19 heavy (non-hydrogen) atoms. The predicted octanol–water partition coefficient (Wildman–Crippen LogP) is 1.91. The summed E-state index contributed by atoms with van der Waals surface area (Å²) >= 11 is 0. The maximum atomic E-state index is 11.1. The van der Waals surface area contributed by atoms with E-state index in [1.54, 1.807) is 18.7 Å². The highest BCUT2D eigenvalue weighted by Gasteiger charge is 2.15. The van der Waals surface area contributed by atoms with Crippen molar-refractivity contribution in [1.82, 2.24) is 9.55 Å². The van der Waals surface area contributed by atoms with Gasteiger partial charge < -0.3 is 14.4 Å². The smallest absolute Gasteiger partial charge is 0.356 e. The molecule has 1 aromatic carbocycles. The second-order valence-electron chi connectivity index (χ2n) is 4.27. The molecule has 1 heterocycles. The highest BCUT2D eigenvalue weighted by molar-refractivity contribution is 5.86. The van der Waals surface area contributed by atoms with Gasteiger partial charge in [0.25, 0.3) is 0 Å². The number of ether oxygens (including phenoxy) is 1. The van der Waals surface area contributed by atoms with Crippen LogP contribution in [0.3, 0.4) is 0 Å². The minimum atomic E-state index is -0.990. The number of carbonyl (C=O) groups is 1. The number of hydrogen-bond acceptors (Lipinski definition) is 3. The molecular formula is C14H16N2O3. The molecule has 0 amide bonds. The normalized spacial score (nSPS) is 10.4. The van der Waals surface area contributed by atoms with Gasteiger partial charge in [0.05, 0.1) is 19.1 Å². The van der Waals surface area contributed by atoms with E-state index in [2.05, 4.69) is 4.98 Å². The Balaban J connectivity index is 2.19. The average Bonchev–Trinajstić information content (AvgIpc) is 2.78. The number of aromatic carboxylic acids is 1. The number of nitrogens with zero attached hydrogens (tertiary/aromatic N) is 2. The third-order valence-electron chi connectivity index (χ3n) is 3.09. The molecule has 0 radical (unpaired) electrons. The quantitative estimate of drug-likeness (QED) is 0.892. The number of hydrogen-bond donors (Lipinski definition) is 1. The summed E-state index contributed by atoms with van der Waals surface area (Å²) < 4.78 is 7.03. The molecule has 0 aliphatic carbocycles. The number of methoxy groups -OCH3 is 1. The lowest BCUT2D eigenvalue weighted by atomic mass is 10.1. The predicted molar refractivity (Wildman–Crippen MR) is 70.6 cm³/mol. The second-order valence-corrected chi connectivity index (χ2v) is 4.27. The standard InChI is InChI=1S/C14H16N2O3/c1-16-9-15-13(14(17)18)11(16)8-7-10-5-3-4-6-12(10)19-2/h3-6,9H,7-8H2,1-2H3,(H,17,18). The molecule has 0 aliphatic heterocycles. The van der Waals surface area contributed by atoms with Crippen LogP contribution in [0.25, 0.3) is 0 Å². The van der Waals surface area contributed by atoms with E-state index in [-0.39, 0.29) is 5.69 Å². The Morgan fingerprint density at radius 2 is 2.11 bits per heavy atom. The van der Waals surface area contributed by atoms with Gasteiger partial charge >= 0.3 is 5.97 Å². The zero-order valence-electron chi connectivity index (χ0n) is 11.0. The summed E-state index contributed by atoms with van der Waals surface area (Å²) in [5, 5.41) is 9.08. The first-order valence-electron chi connectivity index (χ1n) is 5.99. The van der Waals surface area contributed by atoms with E-state index in [0.29, 0.717) is 12.8 Å². The first-order valence-corrected chi connectivity index (χ1v) is 5.99. The van der Waals surface area contributed by atoms with Crippen molar-refractivity contribution < 1.29 is 14.6 Å². The van der Waals surface area contributed by atoms with Crippen LogP contribution in [0, 0.1) is 0 Å². The van der Waals surface area contributed by atoms with Gasteiger partial charge in [0.1, 0.15) is 5.75 Å². The summed E-state index contributed by atoms with van der Waals surface area (Å²) in [6.45, 7) is 0. The van der Waals surface area contributed by atoms with Crippen molar-refractivity contribution in [3.8, 4) is 5.75 Å². The van der Waals surface area contributed by atoms with Gasteiger partial charge in [0, 0.05) is 7.05 Å². The maximum absolute atomic E-state index is 11.1. The van der Waals surface area contributed by atoms with Crippen LogP contribution in [0.2, 0.25) is 0 Å². The number of rotatable bonds is 5. The van der Waals surface area contributed by atoms with E-state index < -0.39 is 5.97 Å². The van der Waals surface area contributed by atoms with Crippen molar-refractivity contribution in [3.63, 3.8) is 0 Å². The zero-order chi connectivity index (χ0) is 13.8. The first kappa shape index (κ1) is 13.1. The van der Waals surface area contributed by atoms with Gasteiger partial charge in [0.2, 0.25) is 0 Å². The molecule has 1 aromatic heterocycles. The fourth-order valence-electron chi connectivity index (χ4n) is 2.09. The fraction of sp³-hybridized carbons (Fsp3) is 0.286. The van der Waals surface area contributed by atoms with Crippen LogP contribution in [0.5, 0.6) is 5.75 Å². The van der Waals surface area contributed by atoms with Crippen molar-refractivity contribution in [2.24, 2.45) is 7.05 Å². The van der Waals surface area contributed by atoms with Crippen molar-refractivity contribution >= 4 is 5.97 Å². The first-order chi connectivity index (χ1) is 9.13. The van der Waals surface area contributed by atoms with Crippen LogP contribution in [-0.2, 0) is 19.9 Å². The summed E-state index contributed by atoms with van der Waals surface area (Å²) in [6, 6.07) is 7.74. The topological polar surface area (TPSA) is 64.3 Å². The van der Waals surface area contributed by atoms with Crippen molar-refractivity contribution in [2.75, 3.05) is 7.11 Å². The Morgan fingerprint density at radius 1 is 1.37 bits per heavy atom. The van der Waals surface area contributed by atoms with Gasteiger partial charge in [-0.3, -0.25) is 0 Å². The van der Waals surface area contributed by atoms with Crippen molar-refractivity contribution in [3.05, 3.63) is 47.5 Å². The van der Waals surface area contributed by atoms with E-state index >= 15 is 0 Å². The van der Waals surface area contributed by atoms with Gasteiger partial charge in [-0.2, -0.15) is 0 Å². The van der Waals surface area contributed by atoms with Gasteiger partial charge in [-0.25, -0.2) is 9.78 Å². The van der Waals surface area contributed by atoms with Gasteiger partial charge in [-0.15, -0.1) is 0 Å². The summed E-state index contributed by atoms with van der Waals surface area (Å²) in [6.07, 6.45) is 2.85. The monoisotopic (exact) mass is 260 g/mol. The van der Waals surface area contributed by atoms with E-state index in [4.69, 9.17) is 9.84 Å². The number of benzene rings is 1. The minimum Gasteiger partial charge on any atom is -0.496 e. The molecular weight excluding hydrogens is 244 g/mol. The Kier molecular flexibility index (Phi) is 3.85. The van der Waals surface area contributed by atoms with E-state index in [9.17, 15) is 4.79 Å². The fourth-order valence-corrected chi connectivity index (χ4v) is 2.09. The third kappa shape index (κ3) is 2.76. The molecule has 2 rings (SSSR count). The molecule has 0 saturated carbocycles. The van der Waals surface area contributed by atoms with Crippen LogP contribution in [0.1, 0.15) is 21.7 Å². The number of para-hydroxylation sites is 1. The van der Waals surface area contributed by atoms with E-state index in [0.717, 1.165) is 17.0 Å². The summed E-state index contributed by atoms with van der Waals surface area (Å²) in [5.41, 5.74) is 1.90. The molecule has 0 unspecified atom stereocenters. The number of carboxylic acids is 1. The molecule has 100 valence electrons. The number of carboxylic acid groups (broad SMARTS) is 1. The molecule has 1 N–H and O–H groups in total. The zero-order valence-corrected chi connectivity index (χ0v) is 11.0. The molecule has 0 saturated heterocycles. The Labute approximate surface area is 111 Å². The maximum Gasteiger partial charge on any atom is 0.356 e. The van der Waals surface area contributed by atoms with E-state index in [1.807, 2.05) is 24.3 Å². The van der Waals surface area contributed by atoms with Crippen molar-refractivity contribution in [2.45, 2.75) is 12.8 Å². The molecule has 0 bridgehead atoms. The number of aryl methyl sites for hydroxylation is 2. The third-order valence-corrected chi connectivity index (χ3v) is 3.09. The highest BCUT2D eigenvalue weighted by atomic mass is 16.5. The van der Waals surface area contributed by atoms with Gasteiger partial charge in [-0.05, 0) is 24.5 Å². The minimum absolute atomic E-state index is 0.123. The molecule has 2 aromatic rings. The largest absolute Gasteiger partial charge is 0.496 e. The lowest BCUT2D eigenvalue weighted by Gasteiger charge is -2.08. The van der Waals surface area contributed by atoms with Crippen molar-refractivity contribution in [1.29, 1.82) is 0 Å². The Bertz CT molecular complexity index is 590. The lowest BCUT2D eigenvalue weighted by molar-refractivity contribution is 0.0689. The molecule has 0 fully saturated rings. The molecule has 0 atom stereocenters. The highest BCUT2D eigenvalue weighted by Crippen LogP contribution is 2.20. The molecule has 5 nitrogen and oxygen atoms in total. The van der Waals surface area contributed by atoms with E-state index in [1.165, 1.54) is 6.33 Å². The average molecular weight is 260 g/mol. The molecule has 5 heteroatoms. The van der Waals surface area contributed by atoms with Crippen LogP contribution in [0.4, 0.5) is 0 Å². The molecule has 0 spiro atoms. The van der Waals surface area contributed by atoms with Crippen LogP contribution < -0.4 is 4.74 Å². The second kappa shape index (κ2) is 5.56. The lowest BCUT2D eigenvalue weighted by Crippen LogP contribution is -2.07. The number of aromatic nitrogens is 2.